The molecule has 0 radical (unpaired) electrons. The molecule has 8 nitrogen and oxygen atoms in total. The fourth-order valence-corrected chi connectivity index (χ4v) is 5.01. The Morgan fingerprint density at radius 3 is 2.29 bits per heavy atom. The van der Waals surface area contributed by atoms with Gasteiger partial charge in [-0.1, -0.05) is 31.5 Å². The number of nitrogens with zero attached hydrogens (tertiary/aromatic N) is 3. The fraction of sp³-hybridized carbons (Fsp3) is 0.485. The summed E-state index contributed by atoms with van der Waals surface area (Å²) in [6.45, 7) is 15.5. The summed E-state index contributed by atoms with van der Waals surface area (Å²) >= 11 is 0. The summed E-state index contributed by atoms with van der Waals surface area (Å²) in [5.41, 5.74) is 3.37. The van der Waals surface area contributed by atoms with E-state index in [1.54, 1.807) is 13.1 Å². The molecule has 1 fully saturated rings. The number of carboxylic acids is 1. The molecule has 0 bridgehead atoms. The SMILES string of the molecule is Cc1ccc(OCCOc2ncc(-c3cnc(C)c([C@H](OC(C)(C)C)C(=O)O)c3N3CCC(C)(C)CC3)cc2F)cc1. The molecule has 42 heavy (non-hydrogen) atoms. The average molecular weight is 580 g/mol. The number of hydrogen-bond acceptors (Lipinski definition) is 7. The summed E-state index contributed by atoms with van der Waals surface area (Å²) < 4.78 is 32.6. The summed E-state index contributed by atoms with van der Waals surface area (Å²) in [5.74, 6) is -1.16. The molecule has 0 spiro atoms. The van der Waals surface area contributed by atoms with Gasteiger partial charge in [0.25, 0.3) is 5.88 Å². The molecule has 1 aliphatic heterocycles. The van der Waals surface area contributed by atoms with E-state index in [2.05, 4.69) is 28.7 Å². The van der Waals surface area contributed by atoms with Gasteiger partial charge in [-0.3, -0.25) is 4.98 Å². The molecule has 9 heteroatoms. The minimum absolute atomic E-state index is 0.118. The molecule has 0 saturated carbocycles. The van der Waals surface area contributed by atoms with E-state index in [-0.39, 0.29) is 24.5 Å². The predicted octanol–water partition coefficient (Wildman–Crippen LogP) is 6.92. The Morgan fingerprint density at radius 1 is 1.05 bits per heavy atom. The number of carboxylic acid groups (broad SMARTS) is 1. The molecular weight excluding hydrogens is 537 g/mol. The molecule has 4 rings (SSSR count). The minimum atomic E-state index is -1.25. The molecule has 1 aromatic carbocycles. The highest BCUT2D eigenvalue weighted by Crippen LogP contribution is 2.43. The molecule has 226 valence electrons. The lowest BCUT2D eigenvalue weighted by molar-refractivity contribution is -0.160. The highest BCUT2D eigenvalue weighted by Gasteiger charge is 2.36. The van der Waals surface area contributed by atoms with Crippen molar-refractivity contribution in [3.63, 3.8) is 0 Å². The van der Waals surface area contributed by atoms with E-state index < -0.39 is 23.5 Å². The molecule has 0 unspecified atom stereocenters. The normalized spacial score (nSPS) is 15.8. The van der Waals surface area contributed by atoms with Crippen LogP contribution in [-0.4, -0.2) is 52.9 Å². The minimum Gasteiger partial charge on any atom is -0.490 e. The maximum absolute atomic E-state index is 15.3. The van der Waals surface area contributed by atoms with Crippen LogP contribution in [0.4, 0.5) is 10.1 Å². The lowest BCUT2D eigenvalue weighted by atomic mass is 9.82. The zero-order chi connectivity index (χ0) is 30.7. The first kappa shape index (κ1) is 31.2. The molecular formula is C33H42FN3O5. The van der Waals surface area contributed by atoms with Crippen molar-refractivity contribution in [2.24, 2.45) is 5.41 Å². The van der Waals surface area contributed by atoms with Crippen LogP contribution < -0.4 is 14.4 Å². The van der Waals surface area contributed by atoms with Crippen LogP contribution in [0.25, 0.3) is 11.1 Å². The Balaban J connectivity index is 1.66. The van der Waals surface area contributed by atoms with Crippen molar-refractivity contribution in [3.05, 3.63) is 65.4 Å². The number of rotatable bonds is 10. The Morgan fingerprint density at radius 2 is 1.69 bits per heavy atom. The van der Waals surface area contributed by atoms with E-state index in [1.165, 1.54) is 12.3 Å². The van der Waals surface area contributed by atoms with Crippen LogP contribution in [-0.2, 0) is 9.53 Å². The summed E-state index contributed by atoms with van der Waals surface area (Å²) in [4.78, 5) is 23.6. The highest BCUT2D eigenvalue weighted by atomic mass is 19.1. The topological polar surface area (TPSA) is 94.0 Å². The number of aryl methyl sites for hydroxylation is 2. The molecule has 1 aliphatic rings. The van der Waals surface area contributed by atoms with Gasteiger partial charge in [-0.05, 0) is 71.1 Å². The summed E-state index contributed by atoms with van der Waals surface area (Å²) in [5, 5.41) is 10.3. The van der Waals surface area contributed by atoms with Crippen molar-refractivity contribution in [3.8, 4) is 22.8 Å². The van der Waals surface area contributed by atoms with E-state index in [9.17, 15) is 9.90 Å². The third-order valence-electron chi connectivity index (χ3n) is 7.41. The second-order valence-corrected chi connectivity index (χ2v) is 12.6. The number of aromatic nitrogens is 2. The Hall–Kier alpha value is -3.72. The number of carbonyl (C=O) groups is 1. The van der Waals surface area contributed by atoms with E-state index in [1.807, 2.05) is 52.0 Å². The smallest absolute Gasteiger partial charge is 0.337 e. The molecule has 1 saturated heterocycles. The van der Waals surface area contributed by atoms with Crippen LogP contribution in [0, 0.1) is 25.1 Å². The molecule has 2 aromatic heterocycles. The first-order chi connectivity index (χ1) is 19.7. The Labute approximate surface area is 247 Å². The summed E-state index contributed by atoms with van der Waals surface area (Å²) in [6.07, 6.45) is 3.80. The number of aliphatic carboxylic acids is 1. The van der Waals surface area contributed by atoms with Gasteiger partial charge in [0.1, 0.15) is 19.0 Å². The van der Waals surface area contributed by atoms with Gasteiger partial charge in [0.05, 0.1) is 11.3 Å². The number of hydrogen-bond donors (Lipinski definition) is 1. The third-order valence-corrected chi connectivity index (χ3v) is 7.41. The number of halogens is 1. The highest BCUT2D eigenvalue weighted by molar-refractivity contribution is 5.86. The largest absolute Gasteiger partial charge is 0.490 e. The second-order valence-electron chi connectivity index (χ2n) is 12.6. The van der Waals surface area contributed by atoms with Gasteiger partial charge in [-0.15, -0.1) is 0 Å². The van der Waals surface area contributed by atoms with Crippen LogP contribution in [0.1, 0.15) is 70.4 Å². The van der Waals surface area contributed by atoms with Gasteiger partial charge in [0.2, 0.25) is 0 Å². The number of anilines is 1. The average Bonchev–Trinajstić information content (AvgIpc) is 2.91. The molecule has 1 N–H and O–H groups in total. The molecule has 1 atom stereocenters. The van der Waals surface area contributed by atoms with Gasteiger partial charge in [-0.25, -0.2) is 14.2 Å². The molecule has 0 aliphatic carbocycles. The fourth-order valence-electron chi connectivity index (χ4n) is 5.01. The second kappa shape index (κ2) is 12.7. The van der Waals surface area contributed by atoms with Crippen molar-refractivity contribution in [2.45, 2.75) is 73.0 Å². The maximum Gasteiger partial charge on any atom is 0.337 e. The molecule has 3 aromatic rings. The Bertz CT molecular complexity index is 1390. The summed E-state index contributed by atoms with van der Waals surface area (Å²) in [6, 6.07) is 9.00. The van der Waals surface area contributed by atoms with Crippen LogP contribution in [0.2, 0.25) is 0 Å². The van der Waals surface area contributed by atoms with Gasteiger partial charge < -0.3 is 24.2 Å². The van der Waals surface area contributed by atoms with Crippen molar-refractivity contribution < 1.29 is 28.5 Å². The standard InChI is InChI=1S/C33H42FN3O5/c1-21-8-10-24(11-9-21)40-16-17-41-30-26(34)18-23(19-36-30)25-20-35-22(2)27(29(31(38)39)42-32(3,4)5)28(25)37-14-12-33(6,7)13-15-37/h8-11,18-20,29H,12-17H2,1-7H3,(H,38,39)/t29-/m0/s1. The van der Waals surface area contributed by atoms with E-state index in [4.69, 9.17) is 14.2 Å². The molecule has 3 heterocycles. The van der Waals surface area contributed by atoms with Crippen molar-refractivity contribution in [1.82, 2.24) is 9.97 Å². The van der Waals surface area contributed by atoms with E-state index in [0.29, 0.717) is 33.8 Å². The number of piperidine rings is 1. The van der Waals surface area contributed by atoms with Crippen molar-refractivity contribution in [1.29, 1.82) is 0 Å². The third kappa shape index (κ3) is 7.76. The Kier molecular flexibility index (Phi) is 9.40. The van der Waals surface area contributed by atoms with E-state index in [0.717, 1.165) is 31.5 Å². The molecule has 0 amide bonds. The number of ether oxygens (including phenoxy) is 3. The van der Waals surface area contributed by atoms with Crippen LogP contribution >= 0.6 is 0 Å². The van der Waals surface area contributed by atoms with Gasteiger partial charge in [-0.2, -0.15) is 0 Å². The van der Waals surface area contributed by atoms with Gasteiger partial charge in [0, 0.05) is 47.9 Å². The first-order valence-corrected chi connectivity index (χ1v) is 14.4. The number of pyridine rings is 2. The number of benzene rings is 1. The lowest BCUT2D eigenvalue weighted by Gasteiger charge is -2.40. The van der Waals surface area contributed by atoms with Crippen LogP contribution in [0.3, 0.4) is 0 Å². The quantitative estimate of drug-likeness (QED) is 0.259. The monoisotopic (exact) mass is 579 g/mol. The van der Waals surface area contributed by atoms with E-state index >= 15 is 4.39 Å². The first-order valence-electron chi connectivity index (χ1n) is 14.4. The maximum atomic E-state index is 15.3. The van der Waals surface area contributed by atoms with Crippen molar-refractivity contribution in [2.75, 3.05) is 31.2 Å². The zero-order valence-corrected chi connectivity index (χ0v) is 25.7. The van der Waals surface area contributed by atoms with Crippen molar-refractivity contribution >= 4 is 11.7 Å². The lowest BCUT2D eigenvalue weighted by Crippen LogP contribution is -2.39. The summed E-state index contributed by atoms with van der Waals surface area (Å²) in [7, 11) is 0. The zero-order valence-electron chi connectivity index (χ0n) is 25.7. The van der Waals surface area contributed by atoms with Gasteiger partial charge in [0.15, 0.2) is 11.9 Å². The van der Waals surface area contributed by atoms with Crippen LogP contribution in [0.15, 0.2) is 42.7 Å². The van der Waals surface area contributed by atoms with Gasteiger partial charge >= 0.3 is 5.97 Å². The predicted molar refractivity (Wildman–Crippen MR) is 161 cm³/mol. The van der Waals surface area contributed by atoms with Crippen LogP contribution in [0.5, 0.6) is 11.6 Å².